The Bertz CT molecular complexity index is 577. The minimum Gasteiger partial charge on any atom is -0.360 e. The average molecular weight is 275 g/mol. The van der Waals surface area contributed by atoms with Gasteiger partial charge in [-0.3, -0.25) is 4.79 Å². The van der Waals surface area contributed by atoms with Crippen LogP contribution in [0.25, 0.3) is 0 Å². The summed E-state index contributed by atoms with van der Waals surface area (Å²) in [6.07, 6.45) is 0. The lowest BCUT2D eigenvalue weighted by Crippen LogP contribution is -2.28. The highest BCUT2D eigenvalue weighted by molar-refractivity contribution is 5.92. The summed E-state index contributed by atoms with van der Waals surface area (Å²) in [7, 11) is 0. The van der Waals surface area contributed by atoms with Crippen LogP contribution in [0.3, 0.4) is 0 Å². The molecular formula is C13H17N5O2. The van der Waals surface area contributed by atoms with Crippen LogP contribution in [0.2, 0.25) is 0 Å². The number of amides is 1. The molecule has 20 heavy (non-hydrogen) atoms. The van der Waals surface area contributed by atoms with E-state index in [1.165, 1.54) is 0 Å². The van der Waals surface area contributed by atoms with Crippen molar-refractivity contribution in [3.8, 4) is 0 Å². The second-order valence-corrected chi connectivity index (χ2v) is 4.86. The van der Waals surface area contributed by atoms with Gasteiger partial charge in [0, 0.05) is 12.6 Å². The molecule has 0 aromatic carbocycles. The molecule has 0 bridgehead atoms. The Morgan fingerprint density at radius 1 is 1.30 bits per heavy atom. The molecule has 1 amide bonds. The third-order valence-corrected chi connectivity index (χ3v) is 2.45. The van der Waals surface area contributed by atoms with Crippen molar-refractivity contribution in [2.75, 3.05) is 11.9 Å². The van der Waals surface area contributed by atoms with Gasteiger partial charge >= 0.3 is 0 Å². The Kier molecular flexibility index (Phi) is 4.29. The van der Waals surface area contributed by atoms with Crippen LogP contribution in [-0.4, -0.2) is 27.8 Å². The van der Waals surface area contributed by atoms with Crippen molar-refractivity contribution < 1.29 is 9.32 Å². The first-order valence-electron chi connectivity index (χ1n) is 6.37. The minimum atomic E-state index is -0.227. The quantitative estimate of drug-likeness (QED) is 0.865. The van der Waals surface area contributed by atoms with Crippen molar-refractivity contribution in [2.45, 2.75) is 20.8 Å². The molecule has 2 N–H and O–H groups in total. The molecule has 0 saturated carbocycles. The molecule has 2 rings (SSSR count). The Morgan fingerprint density at radius 2 is 2.10 bits per heavy atom. The highest BCUT2D eigenvalue weighted by Crippen LogP contribution is 2.13. The topological polar surface area (TPSA) is 92.9 Å². The predicted octanol–water partition coefficient (Wildman–Crippen LogP) is 1.90. The number of aromatic nitrogens is 3. The molecule has 0 radical (unpaired) electrons. The first-order chi connectivity index (χ1) is 9.54. The highest BCUT2D eigenvalue weighted by atomic mass is 16.5. The van der Waals surface area contributed by atoms with Crippen molar-refractivity contribution in [1.29, 1.82) is 0 Å². The lowest BCUT2D eigenvalue weighted by Gasteiger charge is -2.07. The molecule has 2 aromatic heterocycles. The van der Waals surface area contributed by atoms with Crippen LogP contribution in [0.1, 0.15) is 30.1 Å². The largest absolute Gasteiger partial charge is 0.360 e. The van der Waals surface area contributed by atoms with Gasteiger partial charge in [0.2, 0.25) is 0 Å². The van der Waals surface area contributed by atoms with Gasteiger partial charge in [0.15, 0.2) is 17.3 Å². The fourth-order valence-electron chi connectivity index (χ4n) is 1.46. The van der Waals surface area contributed by atoms with E-state index in [2.05, 4.69) is 26.0 Å². The molecule has 0 saturated heterocycles. The van der Waals surface area contributed by atoms with Crippen LogP contribution in [0, 0.1) is 12.8 Å². The average Bonchev–Trinajstić information content (AvgIpc) is 2.82. The summed E-state index contributed by atoms with van der Waals surface area (Å²) in [6.45, 7) is 6.46. The Hall–Kier alpha value is -2.44. The standard InChI is InChI=1S/C13H17N5O2/c1-8(2)7-14-13(19)10-4-5-11(17-16-10)15-12-6-9(3)20-18-12/h4-6,8H,7H2,1-3H3,(H,14,19)(H,15,17,18). The molecule has 2 heterocycles. The summed E-state index contributed by atoms with van der Waals surface area (Å²) in [6, 6.07) is 5.02. The Balaban J connectivity index is 1.97. The van der Waals surface area contributed by atoms with E-state index in [0.29, 0.717) is 29.9 Å². The van der Waals surface area contributed by atoms with Crippen molar-refractivity contribution in [3.05, 3.63) is 29.7 Å². The molecule has 0 aliphatic carbocycles. The second-order valence-electron chi connectivity index (χ2n) is 4.86. The number of aryl methyl sites for hydroxylation is 1. The summed E-state index contributed by atoms with van der Waals surface area (Å²) in [5, 5.41) is 17.3. The van der Waals surface area contributed by atoms with Gasteiger partial charge in [-0.25, -0.2) is 0 Å². The molecule has 0 unspecified atom stereocenters. The maximum absolute atomic E-state index is 11.8. The molecule has 106 valence electrons. The number of nitrogens with one attached hydrogen (secondary N) is 2. The zero-order valence-corrected chi connectivity index (χ0v) is 11.7. The fraction of sp³-hybridized carbons (Fsp3) is 0.385. The Labute approximate surface area is 116 Å². The van der Waals surface area contributed by atoms with Gasteiger partial charge in [-0.1, -0.05) is 19.0 Å². The lowest BCUT2D eigenvalue weighted by atomic mass is 10.2. The molecule has 0 aliphatic rings. The molecule has 7 heteroatoms. The number of anilines is 2. The fourth-order valence-corrected chi connectivity index (χ4v) is 1.46. The number of carbonyl (C=O) groups is 1. The number of nitrogens with zero attached hydrogens (tertiary/aromatic N) is 3. The first-order valence-corrected chi connectivity index (χ1v) is 6.37. The SMILES string of the molecule is Cc1cc(Nc2ccc(C(=O)NCC(C)C)nn2)no1. The molecular weight excluding hydrogens is 258 g/mol. The third-order valence-electron chi connectivity index (χ3n) is 2.45. The zero-order valence-electron chi connectivity index (χ0n) is 11.7. The summed E-state index contributed by atoms with van der Waals surface area (Å²) < 4.78 is 4.93. The van der Waals surface area contributed by atoms with Gasteiger partial charge in [0.1, 0.15) is 5.76 Å². The highest BCUT2D eigenvalue weighted by Gasteiger charge is 2.09. The van der Waals surface area contributed by atoms with E-state index < -0.39 is 0 Å². The summed E-state index contributed by atoms with van der Waals surface area (Å²) in [5.41, 5.74) is 0.285. The van der Waals surface area contributed by atoms with Crippen molar-refractivity contribution in [2.24, 2.45) is 5.92 Å². The van der Waals surface area contributed by atoms with Crippen LogP contribution >= 0.6 is 0 Å². The Morgan fingerprint density at radius 3 is 2.65 bits per heavy atom. The maximum Gasteiger partial charge on any atom is 0.271 e. The minimum absolute atomic E-state index is 0.227. The third kappa shape index (κ3) is 3.78. The maximum atomic E-state index is 11.8. The van der Waals surface area contributed by atoms with Gasteiger partial charge in [-0.2, -0.15) is 0 Å². The van der Waals surface area contributed by atoms with E-state index in [4.69, 9.17) is 4.52 Å². The number of rotatable bonds is 5. The van der Waals surface area contributed by atoms with Crippen LogP contribution in [0.4, 0.5) is 11.6 Å². The van der Waals surface area contributed by atoms with Gasteiger partial charge in [-0.05, 0) is 25.0 Å². The van der Waals surface area contributed by atoms with Gasteiger partial charge in [0.25, 0.3) is 5.91 Å². The van der Waals surface area contributed by atoms with Crippen molar-refractivity contribution >= 4 is 17.5 Å². The van der Waals surface area contributed by atoms with Gasteiger partial charge in [-0.15, -0.1) is 10.2 Å². The van der Waals surface area contributed by atoms with Crippen LogP contribution < -0.4 is 10.6 Å². The summed E-state index contributed by atoms with van der Waals surface area (Å²) in [4.78, 5) is 11.8. The molecule has 0 atom stereocenters. The predicted molar refractivity (Wildman–Crippen MR) is 73.7 cm³/mol. The van der Waals surface area contributed by atoms with E-state index in [0.717, 1.165) is 0 Å². The monoisotopic (exact) mass is 275 g/mol. The molecule has 7 nitrogen and oxygen atoms in total. The molecule has 2 aromatic rings. The number of hydrogen-bond donors (Lipinski definition) is 2. The smallest absolute Gasteiger partial charge is 0.271 e. The summed E-state index contributed by atoms with van der Waals surface area (Å²) >= 11 is 0. The molecule has 0 spiro atoms. The van der Waals surface area contributed by atoms with E-state index in [9.17, 15) is 4.79 Å². The lowest BCUT2D eigenvalue weighted by molar-refractivity contribution is 0.0943. The molecule has 0 aliphatic heterocycles. The van der Waals surface area contributed by atoms with Gasteiger partial charge in [0.05, 0.1) is 0 Å². The molecule has 0 fully saturated rings. The van der Waals surface area contributed by atoms with Crippen LogP contribution in [0.15, 0.2) is 22.7 Å². The number of hydrogen-bond acceptors (Lipinski definition) is 6. The zero-order chi connectivity index (χ0) is 14.5. The van der Waals surface area contributed by atoms with Crippen LogP contribution in [-0.2, 0) is 0 Å². The second kappa shape index (κ2) is 6.14. The van der Waals surface area contributed by atoms with E-state index in [-0.39, 0.29) is 11.6 Å². The summed E-state index contributed by atoms with van der Waals surface area (Å²) in [5.74, 6) is 1.91. The number of carbonyl (C=O) groups excluding carboxylic acids is 1. The first kappa shape index (κ1) is 14.0. The van der Waals surface area contributed by atoms with Crippen molar-refractivity contribution in [1.82, 2.24) is 20.7 Å². The van der Waals surface area contributed by atoms with E-state index in [1.807, 2.05) is 13.8 Å². The normalized spacial score (nSPS) is 10.6. The van der Waals surface area contributed by atoms with E-state index in [1.54, 1.807) is 25.1 Å². The van der Waals surface area contributed by atoms with Gasteiger partial charge < -0.3 is 15.2 Å². The van der Waals surface area contributed by atoms with E-state index >= 15 is 0 Å². The van der Waals surface area contributed by atoms with Crippen LogP contribution in [0.5, 0.6) is 0 Å². The van der Waals surface area contributed by atoms with Crippen molar-refractivity contribution in [3.63, 3.8) is 0 Å².